The van der Waals surface area contributed by atoms with Crippen LogP contribution in [0, 0.1) is 11.6 Å². The summed E-state index contributed by atoms with van der Waals surface area (Å²) in [6.45, 7) is 0. The lowest BCUT2D eigenvalue weighted by Gasteiger charge is -2.23. The second kappa shape index (κ2) is 7.32. The highest BCUT2D eigenvalue weighted by Crippen LogP contribution is 2.34. The molecule has 1 aromatic carbocycles. The zero-order valence-electron chi connectivity index (χ0n) is 11.7. The zero-order valence-corrected chi connectivity index (χ0v) is 13.3. The van der Waals surface area contributed by atoms with Crippen molar-refractivity contribution in [3.05, 3.63) is 45.5 Å². The first kappa shape index (κ1) is 15.6. The van der Waals surface area contributed by atoms with Crippen molar-refractivity contribution in [1.82, 2.24) is 5.32 Å². The maximum atomic E-state index is 13.7. The summed E-state index contributed by atoms with van der Waals surface area (Å²) in [5.74, 6) is -1.63. The lowest BCUT2D eigenvalue weighted by molar-refractivity contribution is 0.497. The third-order valence-electron chi connectivity index (χ3n) is 3.86. The zero-order chi connectivity index (χ0) is 14.5. The van der Waals surface area contributed by atoms with Crippen molar-refractivity contribution < 1.29 is 8.78 Å². The molecule has 0 fully saturated rings. The summed E-state index contributed by atoms with van der Waals surface area (Å²) < 4.78 is 27.2. The second-order valence-corrected chi connectivity index (χ2v) is 6.01. The van der Waals surface area contributed by atoms with Crippen LogP contribution in [0.3, 0.4) is 0 Å². The molecule has 110 valence electrons. The molecule has 0 saturated heterocycles. The highest BCUT2D eigenvalue weighted by atomic mass is 79.9. The average Bonchev–Trinajstić information content (AvgIpc) is 2.41. The van der Waals surface area contributed by atoms with Crippen molar-refractivity contribution in [2.24, 2.45) is 0 Å². The number of allylic oxidation sites excluding steroid dienone is 1. The summed E-state index contributed by atoms with van der Waals surface area (Å²) >= 11 is 3.19. The summed E-state index contributed by atoms with van der Waals surface area (Å²) in [5, 5.41) is 3.24. The highest BCUT2D eigenvalue weighted by molar-refractivity contribution is 9.10. The molecule has 1 aliphatic carbocycles. The fraction of sp³-hybridized carbons (Fsp3) is 0.500. The Hall–Kier alpha value is -0.740. The van der Waals surface area contributed by atoms with Gasteiger partial charge in [-0.05, 0) is 60.3 Å². The maximum Gasteiger partial charge on any atom is 0.173 e. The van der Waals surface area contributed by atoms with Gasteiger partial charge in [-0.15, -0.1) is 0 Å². The first-order valence-corrected chi connectivity index (χ1v) is 7.94. The summed E-state index contributed by atoms with van der Waals surface area (Å²) in [5.41, 5.74) is 2.04. The molecule has 1 aromatic rings. The Morgan fingerprint density at radius 3 is 2.65 bits per heavy atom. The number of likely N-dealkylation sites (N-methyl/N-ethyl adjacent to an activating group) is 1. The standard InChI is InChI=1S/C16H20BrF2N/c1-20-16(11-7-5-3-2-4-6-8-11)12-9-10-13(18)15(19)14(12)17/h7,9-10,16,20H,2-6,8H2,1H3/b11-7+. The van der Waals surface area contributed by atoms with E-state index in [0.29, 0.717) is 0 Å². The van der Waals surface area contributed by atoms with E-state index in [0.717, 1.165) is 24.8 Å². The van der Waals surface area contributed by atoms with E-state index >= 15 is 0 Å². The minimum Gasteiger partial charge on any atom is -0.310 e. The van der Waals surface area contributed by atoms with Gasteiger partial charge in [0.25, 0.3) is 0 Å². The molecule has 2 rings (SSSR count). The summed E-state index contributed by atoms with van der Waals surface area (Å²) in [6.07, 6.45) is 9.22. The van der Waals surface area contributed by atoms with Gasteiger partial charge in [-0.3, -0.25) is 0 Å². The minimum absolute atomic E-state index is 0.0578. The number of rotatable bonds is 3. The third kappa shape index (κ3) is 3.47. The Kier molecular flexibility index (Phi) is 5.73. The molecule has 4 heteroatoms. The fourth-order valence-electron chi connectivity index (χ4n) is 2.78. The van der Waals surface area contributed by atoms with Gasteiger partial charge >= 0.3 is 0 Å². The Labute approximate surface area is 127 Å². The monoisotopic (exact) mass is 343 g/mol. The van der Waals surface area contributed by atoms with Crippen molar-refractivity contribution >= 4 is 15.9 Å². The molecular formula is C16H20BrF2N. The lowest BCUT2D eigenvalue weighted by Crippen LogP contribution is -2.20. The van der Waals surface area contributed by atoms with Gasteiger partial charge in [-0.1, -0.05) is 30.6 Å². The Bertz CT molecular complexity index is 499. The second-order valence-electron chi connectivity index (χ2n) is 5.22. The van der Waals surface area contributed by atoms with E-state index in [9.17, 15) is 8.78 Å². The Morgan fingerprint density at radius 2 is 1.90 bits per heavy atom. The molecule has 0 heterocycles. The molecule has 0 spiro atoms. The van der Waals surface area contributed by atoms with Crippen LogP contribution in [0.1, 0.15) is 50.1 Å². The quantitative estimate of drug-likeness (QED) is 0.582. The minimum atomic E-state index is -0.817. The van der Waals surface area contributed by atoms with Gasteiger partial charge in [0.1, 0.15) is 0 Å². The lowest BCUT2D eigenvalue weighted by atomic mass is 9.91. The average molecular weight is 344 g/mol. The van der Waals surface area contributed by atoms with Gasteiger partial charge in [0.05, 0.1) is 10.5 Å². The number of benzene rings is 1. The maximum absolute atomic E-state index is 13.7. The van der Waals surface area contributed by atoms with Crippen LogP contribution < -0.4 is 5.32 Å². The molecule has 20 heavy (non-hydrogen) atoms. The van der Waals surface area contributed by atoms with E-state index in [4.69, 9.17) is 0 Å². The molecule has 0 saturated carbocycles. The number of hydrogen-bond acceptors (Lipinski definition) is 1. The topological polar surface area (TPSA) is 12.0 Å². The van der Waals surface area contributed by atoms with E-state index in [2.05, 4.69) is 27.3 Å². The molecule has 0 bridgehead atoms. The molecule has 0 amide bonds. The van der Waals surface area contributed by atoms with Crippen LogP contribution in [-0.4, -0.2) is 7.05 Å². The third-order valence-corrected chi connectivity index (χ3v) is 4.67. The molecule has 0 aromatic heterocycles. The van der Waals surface area contributed by atoms with Crippen LogP contribution in [0.4, 0.5) is 8.78 Å². The molecule has 1 unspecified atom stereocenters. The van der Waals surface area contributed by atoms with Gasteiger partial charge in [0.2, 0.25) is 0 Å². The van der Waals surface area contributed by atoms with Gasteiger partial charge in [0, 0.05) is 0 Å². The predicted octanol–water partition coefficient (Wildman–Crippen LogP) is 5.27. The predicted molar refractivity (Wildman–Crippen MR) is 81.6 cm³/mol. The summed E-state index contributed by atoms with van der Waals surface area (Å²) in [4.78, 5) is 0. The van der Waals surface area contributed by atoms with Crippen LogP contribution in [0.2, 0.25) is 0 Å². The van der Waals surface area contributed by atoms with E-state index in [1.54, 1.807) is 6.07 Å². The molecule has 1 aliphatic rings. The molecule has 1 atom stereocenters. The van der Waals surface area contributed by atoms with E-state index in [-0.39, 0.29) is 10.5 Å². The van der Waals surface area contributed by atoms with Crippen LogP contribution in [0.15, 0.2) is 28.3 Å². The van der Waals surface area contributed by atoms with Crippen LogP contribution in [-0.2, 0) is 0 Å². The van der Waals surface area contributed by atoms with Crippen LogP contribution >= 0.6 is 15.9 Å². The molecule has 1 N–H and O–H groups in total. The fourth-order valence-corrected chi connectivity index (χ4v) is 3.33. The molecule has 0 aliphatic heterocycles. The first-order valence-electron chi connectivity index (χ1n) is 7.14. The van der Waals surface area contributed by atoms with Gasteiger partial charge in [-0.2, -0.15) is 0 Å². The summed E-state index contributed by atoms with van der Waals surface area (Å²) in [6, 6.07) is 2.80. The van der Waals surface area contributed by atoms with E-state index in [1.807, 2.05) is 7.05 Å². The van der Waals surface area contributed by atoms with Crippen molar-refractivity contribution in [3.63, 3.8) is 0 Å². The van der Waals surface area contributed by atoms with Gasteiger partial charge in [-0.25, -0.2) is 8.78 Å². The molecule has 0 radical (unpaired) electrons. The first-order chi connectivity index (χ1) is 9.65. The largest absolute Gasteiger partial charge is 0.310 e. The van der Waals surface area contributed by atoms with Crippen LogP contribution in [0.25, 0.3) is 0 Å². The number of hydrogen-bond donors (Lipinski definition) is 1. The van der Waals surface area contributed by atoms with Crippen LogP contribution in [0.5, 0.6) is 0 Å². The van der Waals surface area contributed by atoms with Crippen molar-refractivity contribution in [2.45, 2.75) is 44.6 Å². The van der Waals surface area contributed by atoms with E-state index in [1.165, 1.54) is 30.9 Å². The highest BCUT2D eigenvalue weighted by Gasteiger charge is 2.21. The van der Waals surface area contributed by atoms with Gasteiger partial charge in [0.15, 0.2) is 11.6 Å². The number of nitrogens with one attached hydrogen (secondary N) is 1. The summed E-state index contributed by atoms with van der Waals surface area (Å²) in [7, 11) is 1.86. The smallest absolute Gasteiger partial charge is 0.173 e. The Morgan fingerprint density at radius 1 is 1.15 bits per heavy atom. The van der Waals surface area contributed by atoms with Gasteiger partial charge < -0.3 is 5.32 Å². The Balaban J connectivity index is 2.34. The SMILES string of the molecule is CNC(/C1=C/CCCCCC1)c1ccc(F)c(F)c1Br. The number of halogens is 3. The van der Waals surface area contributed by atoms with Crippen molar-refractivity contribution in [3.8, 4) is 0 Å². The van der Waals surface area contributed by atoms with Crippen molar-refractivity contribution in [2.75, 3.05) is 7.05 Å². The normalized spacial score (nSPS) is 20.7. The van der Waals surface area contributed by atoms with E-state index < -0.39 is 11.6 Å². The van der Waals surface area contributed by atoms with Crippen molar-refractivity contribution in [1.29, 1.82) is 0 Å². The molecule has 1 nitrogen and oxygen atoms in total. The molecular weight excluding hydrogens is 324 g/mol.